The molecule has 0 aliphatic rings. The number of aromatic amines is 1. The van der Waals surface area contributed by atoms with Gasteiger partial charge < -0.3 is 15.8 Å². The van der Waals surface area contributed by atoms with Crippen LogP contribution in [-0.2, 0) is 0 Å². The third-order valence-corrected chi connectivity index (χ3v) is 2.25. The van der Waals surface area contributed by atoms with Crippen molar-refractivity contribution < 1.29 is 10.0 Å². The molecule has 1 atom stereocenters. The van der Waals surface area contributed by atoms with Crippen molar-refractivity contribution in [2.45, 2.75) is 6.92 Å². The Morgan fingerprint density at radius 3 is 3.00 bits per heavy atom. The van der Waals surface area contributed by atoms with Crippen molar-refractivity contribution >= 4 is 11.7 Å². The van der Waals surface area contributed by atoms with Crippen molar-refractivity contribution in [3.8, 4) is 0 Å². The molecule has 1 unspecified atom stereocenters. The Morgan fingerprint density at radius 1 is 1.81 bits per heavy atom. The summed E-state index contributed by atoms with van der Waals surface area (Å²) in [4.78, 5) is 13.2. The first-order chi connectivity index (χ1) is 7.56. The lowest BCUT2D eigenvalue weighted by Crippen LogP contribution is -2.36. The van der Waals surface area contributed by atoms with Crippen LogP contribution in [0.3, 0.4) is 0 Å². The first kappa shape index (κ1) is 12.0. The second-order valence-electron chi connectivity index (χ2n) is 3.58. The highest BCUT2D eigenvalue weighted by atomic mass is 16.4. The Morgan fingerprint density at radius 2 is 2.50 bits per heavy atom. The van der Waals surface area contributed by atoms with Gasteiger partial charge in [-0.25, -0.2) is 0 Å². The zero-order valence-corrected chi connectivity index (χ0v) is 9.21. The minimum absolute atomic E-state index is 0.101. The highest BCUT2D eigenvalue weighted by Crippen LogP contribution is 2.03. The van der Waals surface area contributed by atoms with Crippen molar-refractivity contribution in [1.82, 2.24) is 15.1 Å². The van der Waals surface area contributed by atoms with E-state index >= 15 is 0 Å². The van der Waals surface area contributed by atoms with E-state index in [4.69, 9.17) is 10.9 Å². The molecule has 1 aromatic rings. The van der Waals surface area contributed by atoms with Gasteiger partial charge >= 0.3 is 0 Å². The monoisotopic (exact) mass is 225 g/mol. The quantitative estimate of drug-likeness (QED) is 0.287. The van der Waals surface area contributed by atoms with Crippen LogP contribution in [0.2, 0.25) is 0 Å². The number of nitrogens with two attached hydrogens (primary N) is 1. The summed E-state index contributed by atoms with van der Waals surface area (Å²) in [6, 6.07) is 1.59. The average molecular weight is 225 g/mol. The largest absolute Gasteiger partial charge is 0.409 e. The van der Waals surface area contributed by atoms with Gasteiger partial charge in [0.05, 0.1) is 0 Å². The number of amidine groups is 1. The Hall–Kier alpha value is -2.05. The fourth-order valence-corrected chi connectivity index (χ4v) is 1.27. The lowest BCUT2D eigenvalue weighted by molar-refractivity contribution is 0.0780. The number of amides is 1. The van der Waals surface area contributed by atoms with Gasteiger partial charge in [0.2, 0.25) is 0 Å². The molecule has 0 radical (unpaired) electrons. The molecule has 0 aromatic carbocycles. The van der Waals surface area contributed by atoms with Crippen LogP contribution in [0.5, 0.6) is 0 Å². The number of nitrogens with one attached hydrogen (secondary N) is 1. The predicted molar refractivity (Wildman–Crippen MR) is 58.1 cm³/mol. The van der Waals surface area contributed by atoms with Crippen LogP contribution in [0.15, 0.2) is 17.4 Å². The van der Waals surface area contributed by atoms with Crippen LogP contribution in [-0.4, -0.2) is 45.6 Å². The number of aromatic nitrogens is 2. The molecule has 1 heterocycles. The van der Waals surface area contributed by atoms with Gasteiger partial charge in [0, 0.05) is 25.7 Å². The van der Waals surface area contributed by atoms with E-state index in [9.17, 15) is 4.79 Å². The Bertz CT molecular complexity index is 373. The van der Waals surface area contributed by atoms with Crippen LogP contribution in [0, 0.1) is 5.92 Å². The van der Waals surface area contributed by atoms with Gasteiger partial charge in [-0.05, 0) is 6.07 Å². The highest BCUT2D eigenvalue weighted by molar-refractivity contribution is 5.92. The number of carbonyl (C=O) groups excluding carboxylic acids is 1. The molecule has 7 heteroatoms. The van der Waals surface area contributed by atoms with E-state index in [-0.39, 0.29) is 17.7 Å². The van der Waals surface area contributed by atoms with Crippen LogP contribution in [0.25, 0.3) is 0 Å². The van der Waals surface area contributed by atoms with Gasteiger partial charge in [-0.3, -0.25) is 9.89 Å². The van der Waals surface area contributed by atoms with E-state index in [0.29, 0.717) is 12.2 Å². The normalized spacial score (nSPS) is 13.5. The van der Waals surface area contributed by atoms with Gasteiger partial charge in [0.1, 0.15) is 11.5 Å². The molecule has 0 spiro atoms. The molecule has 0 aliphatic heterocycles. The van der Waals surface area contributed by atoms with Gasteiger partial charge in [0.15, 0.2) is 0 Å². The fourth-order valence-electron chi connectivity index (χ4n) is 1.27. The molecular formula is C9H15N5O2. The van der Waals surface area contributed by atoms with E-state index in [1.54, 1.807) is 20.0 Å². The van der Waals surface area contributed by atoms with E-state index in [0.717, 1.165) is 0 Å². The summed E-state index contributed by atoms with van der Waals surface area (Å²) in [7, 11) is 1.64. The van der Waals surface area contributed by atoms with Crippen LogP contribution < -0.4 is 5.73 Å². The van der Waals surface area contributed by atoms with E-state index in [1.165, 1.54) is 11.1 Å². The van der Waals surface area contributed by atoms with Gasteiger partial charge in [-0.15, -0.1) is 0 Å². The third kappa shape index (κ3) is 2.72. The highest BCUT2D eigenvalue weighted by Gasteiger charge is 2.17. The molecule has 88 valence electrons. The van der Waals surface area contributed by atoms with Crippen LogP contribution >= 0.6 is 0 Å². The number of H-pyrrole nitrogens is 1. The topological polar surface area (TPSA) is 108 Å². The van der Waals surface area contributed by atoms with Crippen molar-refractivity contribution in [2.24, 2.45) is 16.8 Å². The van der Waals surface area contributed by atoms with Crippen LogP contribution in [0.4, 0.5) is 0 Å². The lowest BCUT2D eigenvalue weighted by Gasteiger charge is -2.19. The lowest BCUT2D eigenvalue weighted by atomic mass is 10.1. The summed E-state index contributed by atoms with van der Waals surface area (Å²) in [5.74, 6) is -0.291. The minimum atomic E-state index is -0.207. The van der Waals surface area contributed by atoms with Gasteiger partial charge in [-0.1, -0.05) is 12.1 Å². The van der Waals surface area contributed by atoms with E-state index in [2.05, 4.69) is 15.4 Å². The molecular weight excluding hydrogens is 210 g/mol. The summed E-state index contributed by atoms with van der Waals surface area (Å²) in [5.41, 5.74) is 5.84. The van der Waals surface area contributed by atoms with Crippen molar-refractivity contribution in [2.75, 3.05) is 13.6 Å². The van der Waals surface area contributed by atoms with E-state index < -0.39 is 0 Å². The predicted octanol–water partition coefficient (Wildman–Crippen LogP) is -0.136. The van der Waals surface area contributed by atoms with Crippen molar-refractivity contribution in [3.63, 3.8) is 0 Å². The molecule has 1 aromatic heterocycles. The summed E-state index contributed by atoms with van der Waals surface area (Å²) < 4.78 is 0. The minimum Gasteiger partial charge on any atom is -0.409 e. The van der Waals surface area contributed by atoms with Crippen molar-refractivity contribution in [3.05, 3.63) is 18.0 Å². The molecule has 1 rings (SSSR count). The van der Waals surface area contributed by atoms with Crippen LogP contribution in [0.1, 0.15) is 17.4 Å². The standard InChI is InChI=1S/C9H15N5O2/c1-6(8(10)13-16)5-14(2)9(15)7-3-4-11-12-7/h3-4,6,16H,5H2,1-2H3,(H2,10,13)(H,11,12). The Kier molecular flexibility index (Phi) is 3.87. The smallest absolute Gasteiger partial charge is 0.271 e. The molecule has 7 nitrogen and oxygen atoms in total. The molecule has 0 saturated heterocycles. The van der Waals surface area contributed by atoms with E-state index in [1.807, 2.05) is 0 Å². The first-order valence-electron chi connectivity index (χ1n) is 4.78. The zero-order valence-electron chi connectivity index (χ0n) is 9.21. The fraction of sp³-hybridized carbons (Fsp3) is 0.444. The molecule has 0 saturated carbocycles. The Balaban J connectivity index is 2.59. The summed E-state index contributed by atoms with van der Waals surface area (Å²) >= 11 is 0. The molecule has 0 fully saturated rings. The SMILES string of the molecule is CC(CN(C)C(=O)c1ccn[nH]1)C(N)=NO. The number of rotatable bonds is 4. The maximum Gasteiger partial charge on any atom is 0.271 e. The molecule has 4 N–H and O–H groups in total. The summed E-state index contributed by atoms with van der Waals surface area (Å²) in [6.07, 6.45) is 1.51. The Labute approximate surface area is 92.9 Å². The number of nitrogens with zero attached hydrogens (tertiary/aromatic N) is 3. The zero-order chi connectivity index (χ0) is 12.1. The number of oxime groups is 1. The summed E-state index contributed by atoms with van der Waals surface area (Å²) in [5, 5.41) is 17.7. The second-order valence-corrected chi connectivity index (χ2v) is 3.58. The van der Waals surface area contributed by atoms with Gasteiger partial charge in [-0.2, -0.15) is 5.10 Å². The molecule has 0 bridgehead atoms. The number of carbonyl (C=O) groups is 1. The maximum atomic E-state index is 11.8. The second kappa shape index (κ2) is 5.15. The average Bonchev–Trinajstić information content (AvgIpc) is 2.79. The number of hydrogen-bond acceptors (Lipinski definition) is 4. The molecule has 1 amide bonds. The molecule has 16 heavy (non-hydrogen) atoms. The molecule has 0 aliphatic carbocycles. The number of hydrogen-bond donors (Lipinski definition) is 3. The van der Waals surface area contributed by atoms with Gasteiger partial charge in [0.25, 0.3) is 5.91 Å². The third-order valence-electron chi connectivity index (χ3n) is 2.25. The maximum absolute atomic E-state index is 11.8. The first-order valence-corrected chi connectivity index (χ1v) is 4.78. The summed E-state index contributed by atoms with van der Waals surface area (Å²) in [6.45, 7) is 2.14. The van der Waals surface area contributed by atoms with Crippen molar-refractivity contribution in [1.29, 1.82) is 0 Å².